The van der Waals surface area contributed by atoms with Crippen LogP contribution in [0.3, 0.4) is 0 Å². The minimum Gasteiger partial charge on any atom is -0.265 e. The number of nitrogens with one attached hydrogen (secondary N) is 1. The summed E-state index contributed by atoms with van der Waals surface area (Å²) in [5.74, 6) is 6.21. The molecule has 3 nitrogen and oxygen atoms in total. The van der Waals surface area contributed by atoms with Gasteiger partial charge in [-0.25, -0.2) is 0 Å². The summed E-state index contributed by atoms with van der Waals surface area (Å²) in [6.45, 7) is 0.799. The number of pyridine rings is 1. The number of rotatable bonds is 6. The Balaban J connectivity index is 1.76. The first-order valence-electron chi connectivity index (χ1n) is 7.13. The van der Waals surface area contributed by atoms with Crippen LogP contribution >= 0.6 is 11.9 Å². The minimum atomic E-state index is 0.577. The fraction of sp³-hybridized carbons (Fsp3) is 0.222. The molecule has 1 N–H and O–H groups in total. The molecule has 0 amide bonds. The zero-order chi connectivity index (χ0) is 15.5. The van der Waals surface area contributed by atoms with Crippen molar-refractivity contribution in [1.82, 2.24) is 9.71 Å². The second kappa shape index (κ2) is 9.63. The van der Waals surface area contributed by atoms with Crippen LogP contribution in [0.25, 0.3) is 0 Å². The highest BCUT2D eigenvalue weighted by Gasteiger charge is 1.95. The summed E-state index contributed by atoms with van der Waals surface area (Å²) in [6.07, 6.45) is 5.79. The number of unbranched alkanes of at least 4 members (excludes halogenated alkanes) is 2. The molecule has 0 bridgehead atoms. The molecule has 1 aromatic heterocycles. The zero-order valence-corrected chi connectivity index (χ0v) is 13.1. The Morgan fingerprint density at radius 2 is 1.82 bits per heavy atom. The van der Waals surface area contributed by atoms with Gasteiger partial charge in [0.05, 0.1) is 6.07 Å². The van der Waals surface area contributed by atoms with Crippen LogP contribution in [-0.4, -0.2) is 4.98 Å². The van der Waals surface area contributed by atoms with Crippen molar-refractivity contribution in [1.29, 1.82) is 5.26 Å². The minimum absolute atomic E-state index is 0.577. The summed E-state index contributed by atoms with van der Waals surface area (Å²) < 4.78 is 3.33. The van der Waals surface area contributed by atoms with E-state index in [4.69, 9.17) is 5.26 Å². The summed E-state index contributed by atoms with van der Waals surface area (Å²) >= 11 is 1.60. The molecule has 4 heteroatoms. The van der Waals surface area contributed by atoms with Crippen LogP contribution < -0.4 is 4.72 Å². The third-order valence-electron chi connectivity index (χ3n) is 2.89. The van der Waals surface area contributed by atoms with E-state index in [1.54, 1.807) is 24.3 Å². The topological polar surface area (TPSA) is 48.7 Å². The first-order chi connectivity index (χ1) is 10.9. The van der Waals surface area contributed by atoms with Crippen LogP contribution in [0.5, 0.6) is 0 Å². The number of aromatic nitrogens is 1. The molecule has 2 aromatic rings. The monoisotopic (exact) mass is 307 g/mol. The smallest absolute Gasteiger partial charge is 0.0622 e. The second-order valence-electron chi connectivity index (χ2n) is 4.62. The molecule has 1 heterocycles. The van der Waals surface area contributed by atoms with Gasteiger partial charge in [0.1, 0.15) is 0 Å². The third-order valence-corrected chi connectivity index (χ3v) is 3.69. The predicted octanol–water partition coefficient (Wildman–Crippen LogP) is 3.92. The maximum atomic E-state index is 8.45. The van der Waals surface area contributed by atoms with Crippen molar-refractivity contribution < 1.29 is 0 Å². The Bertz CT molecular complexity index is 663. The number of benzene rings is 1. The second-order valence-corrected chi connectivity index (χ2v) is 5.58. The lowest BCUT2D eigenvalue weighted by Gasteiger charge is -2.04. The van der Waals surface area contributed by atoms with Crippen molar-refractivity contribution in [3.63, 3.8) is 0 Å². The molecule has 1 aromatic carbocycles. The van der Waals surface area contributed by atoms with Crippen LogP contribution in [0.4, 0.5) is 0 Å². The van der Waals surface area contributed by atoms with Crippen LogP contribution in [0, 0.1) is 23.2 Å². The molecule has 0 fully saturated rings. The number of nitrogens with zero attached hydrogens (tertiary/aromatic N) is 2. The molecular weight excluding hydrogens is 290 g/mol. The SMILES string of the molecule is N#CCCCC#Cc1ccc(SNCc2ccncc2)cc1. The average Bonchev–Trinajstić information content (AvgIpc) is 2.57. The van der Waals surface area contributed by atoms with Gasteiger partial charge in [0.15, 0.2) is 0 Å². The summed E-state index contributed by atoms with van der Waals surface area (Å²) in [5.41, 5.74) is 2.22. The van der Waals surface area contributed by atoms with Gasteiger partial charge in [-0.05, 0) is 60.3 Å². The van der Waals surface area contributed by atoms with E-state index in [2.05, 4.69) is 39.7 Å². The summed E-state index contributed by atoms with van der Waals surface area (Å²) in [4.78, 5) is 5.16. The van der Waals surface area contributed by atoms with Gasteiger partial charge in [-0.15, -0.1) is 0 Å². The zero-order valence-electron chi connectivity index (χ0n) is 12.2. The van der Waals surface area contributed by atoms with Crippen molar-refractivity contribution in [2.45, 2.75) is 30.7 Å². The molecule has 2 rings (SSSR count). The van der Waals surface area contributed by atoms with Crippen LogP contribution in [-0.2, 0) is 6.54 Å². The van der Waals surface area contributed by atoms with Crippen molar-refractivity contribution in [3.05, 3.63) is 59.9 Å². The van der Waals surface area contributed by atoms with Crippen molar-refractivity contribution >= 4 is 11.9 Å². The van der Waals surface area contributed by atoms with E-state index >= 15 is 0 Å². The van der Waals surface area contributed by atoms with E-state index in [1.807, 2.05) is 24.3 Å². The molecule has 22 heavy (non-hydrogen) atoms. The van der Waals surface area contributed by atoms with Gasteiger partial charge in [0.25, 0.3) is 0 Å². The molecule has 110 valence electrons. The van der Waals surface area contributed by atoms with Gasteiger partial charge in [0.2, 0.25) is 0 Å². The van der Waals surface area contributed by atoms with Gasteiger partial charge < -0.3 is 0 Å². The first-order valence-corrected chi connectivity index (χ1v) is 7.94. The number of hydrogen-bond acceptors (Lipinski definition) is 4. The average molecular weight is 307 g/mol. The fourth-order valence-electron chi connectivity index (χ4n) is 1.73. The lowest BCUT2D eigenvalue weighted by atomic mass is 10.2. The standard InChI is InChI=1S/C18H17N3S/c19-12-4-2-1-3-5-16-6-8-18(9-7-16)22-21-15-17-10-13-20-14-11-17/h6-11,13-14,21H,1-2,4,15H2. The number of hydrogen-bond donors (Lipinski definition) is 1. The van der Waals surface area contributed by atoms with Gasteiger partial charge in [0, 0.05) is 42.2 Å². The molecule has 0 saturated heterocycles. The molecule has 0 aliphatic carbocycles. The van der Waals surface area contributed by atoms with Crippen LogP contribution in [0.2, 0.25) is 0 Å². The quantitative estimate of drug-likeness (QED) is 0.499. The first kappa shape index (κ1) is 16.1. The molecular formula is C18H17N3S. The molecule has 0 atom stereocenters. The summed E-state index contributed by atoms with van der Waals surface area (Å²) in [5, 5.41) is 8.45. The Morgan fingerprint density at radius 1 is 1.05 bits per heavy atom. The lowest BCUT2D eigenvalue weighted by molar-refractivity contribution is 0.894. The maximum Gasteiger partial charge on any atom is 0.0622 e. The van der Waals surface area contributed by atoms with Gasteiger partial charge in [-0.1, -0.05) is 11.8 Å². The maximum absolute atomic E-state index is 8.45. The fourth-order valence-corrected chi connectivity index (χ4v) is 2.41. The Labute approximate surface area is 135 Å². The van der Waals surface area contributed by atoms with Crippen molar-refractivity contribution in [3.8, 4) is 17.9 Å². The highest BCUT2D eigenvalue weighted by Crippen LogP contribution is 2.15. The van der Waals surface area contributed by atoms with Crippen molar-refractivity contribution in [2.75, 3.05) is 0 Å². The largest absolute Gasteiger partial charge is 0.265 e. The third kappa shape index (κ3) is 6.01. The summed E-state index contributed by atoms with van der Waals surface area (Å²) in [6, 6.07) is 14.3. The normalized spacial score (nSPS) is 9.59. The van der Waals surface area contributed by atoms with Crippen LogP contribution in [0.15, 0.2) is 53.7 Å². The van der Waals surface area contributed by atoms with Gasteiger partial charge in [-0.2, -0.15) is 5.26 Å². The molecule has 0 aliphatic rings. The molecule has 0 unspecified atom stereocenters. The van der Waals surface area contributed by atoms with E-state index in [9.17, 15) is 0 Å². The molecule has 0 spiro atoms. The lowest BCUT2D eigenvalue weighted by Crippen LogP contribution is -2.02. The van der Waals surface area contributed by atoms with Gasteiger partial charge in [-0.3, -0.25) is 9.71 Å². The van der Waals surface area contributed by atoms with E-state index < -0.39 is 0 Å². The summed E-state index contributed by atoms with van der Waals surface area (Å²) in [7, 11) is 0. The van der Waals surface area contributed by atoms with Crippen LogP contribution in [0.1, 0.15) is 30.4 Å². The Hall–Kier alpha value is -2.27. The van der Waals surface area contributed by atoms with Gasteiger partial charge >= 0.3 is 0 Å². The Kier molecular flexibility index (Phi) is 7.05. The van der Waals surface area contributed by atoms with E-state index in [0.717, 1.165) is 29.8 Å². The molecule has 0 radical (unpaired) electrons. The highest BCUT2D eigenvalue weighted by atomic mass is 32.2. The number of nitriles is 1. The molecule has 0 aliphatic heterocycles. The Morgan fingerprint density at radius 3 is 2.55 bits per heavy atom. The predicted molar refractivity (Wildman–Crippen MR) is 89.7 cm³/mol. The van der Waals surface area contributed by atoms with E-state index in [1.165, 1.54) is 5.56 Å². The van der Waals surface area contributed by atoms with E-state index in [-0.39, 0.29) is 0 Å². The van der Waals surface area contributed by atoms with Crippen molar-refractivity contribution in [2.24, 2.45) is 0 Å². The molecule has 0 saturated carbocycles. The van der Waals surface area contributed by atoms with E-state index in [0.29, 0.717) is 6.42 Å². The highest BCUT2D eigenvalue weighted by molar-refractivity contribution is 7.97.